The van der Waals surface area contributed by atoms with E-state index in [1.165, 1.54) is 25.1 Å². The van der Waals surface area contributed by atoms with Gasteiger partial charge in [-0.1, -0.05) is 0 Å². The Labute approximate surface area is 207 Å². The summed E-state index contributed by atoms with van der Waals surface area (Å²) in [6, 6.07) is 17.6. The minimum Gasteiger partial charge on any atom is -0.494 e. The van der Waals surface area contributed by atoms with Crippen molar-refractivity contribution < 1.29 is 33.4 Å². The van der Waals surface area contributed by atoms with Crippen LogP contribution in [0.3, 0.4) is 0 Å². The van der Waals surface area contributed by atoms with Gasteiger partial charge in [-0.05, 0) is 73.7 Å². The van der Waals surface area contributed by atoms with Gasteiger partial charge in [0.15, 0.2) is 0 Å². The van der Waals surface area contributed by atoms with Crippen molar-refractivity contribution in [2.75, 3.05) is 30.0 Å². The third-order valence-corrected chi connectivity index (χ3v) is 5.29. The second-order valence-corrected chi connectivity index (χ2v) is 7.82. The van der Waals surface area contributed by atoms with Gasteiger partial charge in [0.05, 0.1) is 29.0 Å². The SMILES string of the molecule is CCOc1ccc(OCCOC(=O)c2ccc3c(c2)C(=O)N(c2ccc(NC(C)=O)cc2)C3=O)cc1. The highest BCUT2D eigenvalue weighted by Gasteiger charge is 2.37. The molecule has 4 rings (SSSR count). The van der Waals surface area contributed by atoms with Crippen molar-refractivity contribution in [3.63, 3.8) is 0 Å². The largest absolute Gasteiger partial charge is 0.494 e. The van der Waals surface area contributed by atoms with Crippen molar-refractivity contribution in [1.82, 2.24) is 0 Å². The molecule has 1 heterocycles. The lowest BCUT2D eigenvalue weighted by Gasteiger charge is -2.14. The van der Waals surface area contributed by atoms with Gasteiger partial charge in [-0.3, -0.25) is 14.4 Å². The lowest BCUT2D eigenvalue weighted by atomic mass is 10.1. The molecule has 184 valence electrons. The molecule has 0 bridgehead atoms. The van der Waals surface area contributed by atoms with Gasteiger partial charge in [0.25, 0.3) is 11.8 Å². The molecule has 0 radical (unpaired) electrons. The first kappa shape index (κ1) is 24.5. The van der Waals surface area contributed by atoms with Crippen LogP contribution in [0.2, 0.25) is 0 Å². The number of nitrogens with one attached hydrogen (secondary N) is 1. The highest BCUT2D eigenvalue weighted by atomic mass is 16.6. The number of esters is 1. The number of ether oxygens (including phenoxy) is 3. The van der Waals surface area contributed by atoms with E-state index in [2.05, 4.69) is 5.32 Å². The van der Waals surface area contributed by atoms with Gasteiger partial charge < -0.3 is 19.5 Å². The fraction of sp³-hybridized carbons (Fsp3) is 0.185. The number of anilines is 2. The van der Waals surface area contributed by atoms with Crippen LogP contribution in [-0.2, 0) is 9.53 Å². The predicted octanol–water partition coefficient (Wildman–Crippen LogP) is 4.08. The first-order chi connectivity index (χ1) is 17.4. The van der Waals surface area contributed by atoms with Crippen LogP contribution < -0.4 is 19.7 Å². The summed E-state index contributed by atoms with van der Waals surface area (Å²) >= 11 is 0. The quantitative estimate of drug-likeness (QED) is 0.274. The van der Waals surface area contributed by atoms with E-state index >= 15 is 0 Å². The van der Waals surface area contributed by atoms with Crippen LogP contribution in [-0.4, -0.2) is 43.5 Å². The molecule has 3 aromatic rings. The van der Waals surface area contributed by atoms with Gasteiger partial charge in [0, 0.05) is 12.6 Å². The zero-order chi connectivity index (χ0) is 25.7. The summed E-state index contributed by atoms with van der Waals surface area (Å²) in [5.74, 6) is -0.554. The third-order valence-electron chi connectivity index (χ3n) is 5.29. The van der Waals surface area contributed by atoms with Crippen LogP contribution in [0.25, 0.3) is 0 Å². The van der Waals surface area contributed by atoms with Crippen molar-refractivity contribution in [2.24, 2.45) is 0 Å². The Morgan fingerprint density at radius 2 is 1.44 bits per heavy atom. The summed E-state index contributed by atoms with van der Waals surface area (Å²) < 4.78 is 16.2. The van der Waals surface area contributed by atoms with Gasteiger partial charge >= 0.3 is 5.97 Å². The van der Waals surface area contributed by atoms with Crippen molar-refractivity contribution in [2.45, 2.75) is 13.8 Å². The molecule has 0 saturated heterocycles. The first-order valence-electron chi connectivity index (χ1n) is 11.3. The van der Waals surface area contributed by atoms with Crippen LogP contribution >= 0.6 is 0 Å². The molecule has 0 spiro atoms. The number of rotatable bonds is 9. The summed E-state index contributed by atoms with van der Waals surface area (Å²) in [6.07, 6.45) is 0. The standard InChI is InChI=1S/C27H24N2O7/c1-3-34-21-9-11-22(12-10-21)35-14-15-36-27(33)18-4-13-23-24(16-18)26(32)29(25(23)31)20-7-5-19(6-8-20)28-17(2)30/h4-13,16H,3,14-15H2,1-2H3,(H,28,30). The Hall–Kier alpha value is -4.66. The van der Waals surface area contributed by atoms with E-state index in [9.17, 15) is 19.2 Å². The van der Waals surface area contributed by atoms with Crippen molar-refractivity contribution in [3.8, 4) is 11.5 Å². The molecule has 0 fully saturated rings. The van der Waals surface area contributed by atoms with Crippen LogP contribution in [0.4, 0.5) is 11.4 Å². The van der Waals surface area contributed by atoms with E-state index < -0.39 is 17.8 Å². The molecule has 3 amide bonds. The minimum absolute atomic E-state index is 0.00276. The molecule has 36 heavy (non-hydrogen) atoms. The Morgan fingerprint density at radius 1 is 0.806 bits per heavy atom. The summed E-state index contributed by atoms with van der Waals surface area (Å²) in [7, 11) is 0. The van der Waals surface area contributed by atoms with E-state index in [0.29, 0.717) is 23.7 Å². The monoisotopic (exact) mass is 488 g/mol. The Morgan fingerprint density at radius 3 is 2.08 bits per heavy atom. The molecule has 1 aliphatic heterocycles. The molecule has 9 nitrogen and oxygen atoms in total. The van der Waals surface area contributed by atoms with E-state index in [1.54, 1.807) is 48.5 Å². The second kappa shape index (κ2) is 10.7. The summed E-state index contributed by atoms with van der Waals surface area (Å²) in [4.78, 5) is 50.6. The maximum Gasteiger partial charge on any atom is 0.338 e. The third kappa shape index (κ3) is 5.35. The Balaban J connectivity index is 1.36. The van der Waals surface area contributed by atoms with Gasteiger partial charge in [-0.25, -0.2) is 9.69 Å². The molecule has 9 heteroatoms. The second-order valence-electron chi connectivity index (χ2n) is 7.82. The van der Waals surface area contributed by atoms with E-state index in [4.69, 9.17) is 14.2 Å². The van der Waals surface area contributed by atoms with Crippen molar-refractivity contribution >= 4 is 35.1 Å². The molecule has 0 unspecified atom stereocenters. The van der Waals surface area contributed by atoms with Crippen LogP contribution in [0.1, 0.15) is 44.9 Å². The molecule has 0 atom stereocenters. The summed E-state index contributed by atoms with van der Waals surface area (Å²) in [5.41, 5.74) is 1.36. The highest BCUT2D eigenvalue weighted by Crippen LogP contribution is 2.30. The number of imide groups is 1. The molecule has 1 aliphatic rings. The first-order valence-corrected chi connectivity index (χ1v) is 11.3. The number of amides is 3. The molecule has 0 aromatic heterocycles. The van der Waals surface area contributed by atoms with Gasteiger partial charge in [-0.2, -0.15) is 0 Å². The lowest BCUT2D eigenvalue weighted by Crippen LogP contribution is -2.29. The lowest BCUT2D eigenvalue weighted by molar-refractivity contribution is -0.114. The summed E-state index contributed by atoms with van der Waals surface area (Å²) in [5, 5.41) is 2.63. The number of hydrogen-bond acceptors (Lipinski definition) is 7. The highest BCUT2D eigenvalue weighted by molar-refractivity contribution is 6.34. The zero-order valence-corrected chi connectivity index (χ0v) is 19.8. The molecule has 1 N–H and O–H groups in total. The van der Waals surface area contributed by atoms with E-state index in [-0.39, 0.29) is 35.8 Å². The maximum atomic E-state index is 13.0. The van der Waals surface area contributed by atoms with E-state index in [0.717, 1.165) is 10.6 Å². The average Bonchev–Trinajstić information content (AvgIpc) is 3.12. The average molecular weight is 488 g/mol. The number of carbonyl (C=O) groups excluding carboxylic acids is 4. The van der Waals surface area contributed by atoms with Gasteiger partial charge in [0.1, 0.15) is 24.7 Å². The smallest absolute Gasteiger partial charge is 0.338 e. The van der Waals surface area contributed by atoms with Crippen LogP contribution in [0.15, 0.2) is 66.7 Å². The van der Waals surface area contributed by atoms with Crippen LogP contribution in [0.5, 0.6) is 11.5 Å². The van der Waals surface area contributed by atoms with Gasteiger partial charge in [0.2, 0.25) is 5.91 Å². The van der Waals surface area contributed by atoms with Crippen molar-refractivity contribution in [1.29, 1.82) is 0 Å². The number of benzene rings is 3. The predicted molar refractivity (Wildman–Crippen MR) is 132 cm³/mol. The van der Waals surface area contributed by atoms with E-state index in [1.807, 2.05) is 6.92 Å². The topological polar surface area (TPSA) is 111 Å². The fourth-order valence-corrected chi connectivity index (χ4v) is 3.68. The van der Waals surface area contributed by atoms with Gasteiger partial charge in [-0.15, -0.1) is 0 Å². The molecule has 0 saturated carbocycles. The Bertz CT molecular complexity index is 1300. The fourth-order valence-electron chi connectivity index (χ4n) is 3.68. The normalized spacial score (nSPS) is 12.2. The summed E-state index contributed by atoms with van der Waals surface area (Å²) in [6.45, 7) is 4.00. The maximum absolute atomic E-state index is 13.0. The number of fused-ring (bicyclic) bond motifs is 1. The van der Waals surface area contributed by atoms with Crippen molar-refractivity contribution in [3.05, 3.63) is 83.4 Å². The molecule has 3 aromatic carbocycles. The molecular weight excluding hydrogens is 464 g/mol. The number of hydrogen-bond donors (Lipinski definition) is 1. The minimum atomic E-state index is -0.633. The molecular formula is C27H24N2O7. The van der Waals surface area contributed by atoms with Crippen LogP contribution in [0, 0.1) is 0 Å². The number of nitrogens with zero attached hydrogens (tertiary/aromatic N) is 1. The zero-order valence-electron chi connectivity index (χ0n) is 19.8. The number of carbonyl (C=O) groups is 4. The Kier molecular flexibility index (Phi) is 7.29. The molecule has 0 aliphatic carbocycles.